The van der Waals surface area contributed by atoms with Crippen molar-refractivity contribution in [1.29, 1.82) is 0 Å². The Morgan fingerprint density at radius 3 is 2.38 bits per heavy atom. The lowest BCUT2D eigenvalue weighted by Crippen LogP contribution is -2.36. The zero-order valence-electron chi connectivity index (χ0n) is 14.3. The van der Waals surface area contributed by atoms with Crippen LogP contribution >= 0.6 is 15.9 Å². The average Bonchev–Trinajstić information content (AvgIpc) is 2.55. The number of carbonyl (C=O) groups excluding carboxylic acids is 1. The summed E-state index contributed by atoms with van der Waals surface area (Å²) in [5.41, 5.74) is 2.33. The van der Waals surface area contributed by atoms with E-state index in [0.717, 1.165) is 16.6 Å². The highest BCUT2D eigenvalue weighted by Crippen LogP contribution is 2.17. The lowest BCUT2D eigenvalue weighted by atomic mass is 10.1. The summed E-state index contributed by atoms with van der Waals surface area (Å²) < 4.78 is 6.65. The molecule has 0 heterocycles. The minimum absolute atomic E-state index is 0.127. The van der Waals surface area contributed by atoms with E-state index in [9.17, 15) is 4.79 Å². The molecular formula is C19H23BrN2O2. The van der Waals surface area contributed by atoms with Gasteiger partial charge in [0.15, 0.2) is 6.10 Å². The zero-order valence-corrected chi connectivity index (χ0v) is 15.8. The van der Waals surface area contributed by atoms with Gasteiger partial charge in [0.1, 0.15) is 5.75 Å². The van der Waals surface area contributed by atoms with E-state index in [1.165, 1.54) is 5.56 Å². The third kappa shape index (κ3) is 5.65. The molecule has 2 aromatic carbocycles. The molecule has 0 aliphatic heterocycles. The molecule has 0 unspecified atom stereocenters. The summed E-state index contributed by atoms with van der Waals surface area (Å²) in [6.07, 6.45) is -0.549. The Balaban J connectivity index is 1.91. The summed E-state index contributed by atoms with van der Waals surface area (Å²) in [4.78, 5) is 14.4. The Bertz CT molecular complexity index is 671. The summed E-state index contributed by atoms with van der Waals surface area (Å²) in [6.45, 7) is 3.09. The first-order valence-electron chi connectivity index (χ1n) is 7.87. The van der Waals surface area contributed by atoms with E-state index < -0.39 is 6.10 Å². The van der Waals surface area contributed by atoms with Crippen molar-refractivity contribution < 1.29 is 9.53 Å². The third-order valence-corrected chi connectivity index (χ3v) is 4.08. The van der Waals surface area contributed by atoms with Crippen molar-refractivity contribution in [2.24, 2.45) is 0 Å². The summed E-state index contributed by atoms with van der Waals surface area (Å²) in [6, 6.07) is 15.6. The molecule has 0 aromatic heterocycles. The molecule has 1 amide bonds. The van der Waals surface area contributed by atoms with E-state index >= 15 is 0 Å². The summed E-state index contributed by atoms with van der Waals surface area (Å²) in [5.74, 6) is 0.548. The van der Waals surface area contributed by atoms with Gasteiger partial charge in [-0.15, -0.1) is 0 Å². The van der Waals surface area contributed by atoms with Crippen LogP contribution in [-0.2, 0) is 17.9 Å². The zero-order chi connectivity index (χ0) is 17.5. The van der Waals surface area contributed by atoms with E-state index in [1.807, 2.05) is 56.6 Å². The van der Waals surface area contributed by atoms with E-state index in [4.69, 9.17) is 4.74 Å². The fourth-order valence-corrected chi connectivity index (χ4v) is 2.59. The fraction of sp³-hybridized carbons (Fsp3) is 0.316. The van der Waals surface area contributed by atoms with Crippen molar-refractivity contribution in [3.8, 4) is 5.75 Å². The van der Waals surface area contributed by atoms with Crippen LogP contribution in [-0.4, -0.2) is 31.0 Å². The van der Waals surface area contributed by atoms with Gasteiger partial charge in [0.25, 0.3) is 5.91 Å². The van der Waals surface area contributed by atoms with E-state index in [-0.39, 0.29) is 5.91 Å². The highest BCUT2D eigenvalue weighted by molar-refractivity contribution is 9.10. The smallest absolute Gasteiger partial charge is 0.261 e. The van der Waals surface area contributed by atoms with Gasteiger partial charge in [-0.05, 0) is 56.4 Å². The standard InChI is InChI=1S/C19H23BrN2O2/c1-14(24-18-10-8-17(20)9-11-18)19(23)21-12-15-6-4-5-7-16(15)13-22(2)3/h4-11,14H,12-13H2,1-3H3,(H,21,23)/t14-/m1/s1. The van der Waals surface area contributed by atoms with Crippen LogP contribution in [0.2, 0.25) is 0 Å². The normalized spacial score (nSPS) is 12.0. The molecule has 0 radical (unpaired) electrons. The van der Waals surface area contributed by atoms with Crippen molar-refractivity contribution in [2.75, 3.05) is 14.1 Å². The second-order valence-electron chi connectivity index (χ2n) is 5.94. The lowest BCUT2D eigenvalue weighted by Gasteiger charge is -2.17. The number of halogens is 1. The predicted molar refractivity (Wildman–Crippen MR) is 99.9 cm³/mol. The highest BCUT2D eigenvalue weighted by Gasteiger charge is 2.15. The van der Waals surface area contributed by atoms with Crippen molar-refractivity contribution >= 4 is 21.8 Å². The predicted octanol–water partition coefficient (Wildman–Crippen LogP) is 3.59. The number of nitrogens with one attached hydrogen (secondary N) is 1. The van der Waals surface area contributed by atoms with Crippen LogP contribution in [0.3, 0.4) is 0 Å². The van der Waals surface area contributed by atoms with Gasteiger partial charge >= 0.3 is 0 Å². The Morgan fingerprint density at radius 1 is 1.12 bits per heavy atom. The number of benzene rings is 2. The van der Waals surface area contributed by atoms with Crippen LogP contribution in [0.15, 0.2) is 53.0 Å². The van der Waals surface area contributed by atoms with Gasteiger partial charge in [-0.3, -0.25) is 4.79 Å². The third-order valence-electron chi connectivity index (χ3n) is 3.55. The van der Waals surface area contributed by atoms with Crippen LogP contribution in [0.25, 0.3) is 0 Å². The van der Waals surface area contributed by atoms with Crippen LogP contribution in [0.1, 0.15) is 18.1 Å². The largest absolute Gasteiger partial charge is 0.481 e. The Kier molecular flexibility index (Phi) is 6.82. The SMILES string of the molecule is C[C@@H](Oc1ccc(Br)cc1)C(=O)NCc1ccccc1CN(C)C. The van der Waals surface area contributed by atoms with Gasteiger partial charge in [0, 0.05) is 17.6 Å². The number of rotatable bonds is 7. The van der Waals surface area contributed by atoms with Gasteiger partial charge in [-0.25, -0.2) is 0 Å². The summed E-state index contributed by atoms with van der Waals surface area (Å²) in [5, 5.41) is 2.95. The van der Waals surface area contributed by atoms with Gasteiger partial charge in [-0.1, -0.05) is 40.2 Å². The topological polar surface area (TPSA) is 41.6 Å². The molecule has 2 aromatic rings. The molecule has 1 N–H and O–H groups in total. The minimum Gasteiger partial charge on any atom is -0.481 e. The fourth-order valence-electron chi connectivity index (χ4n) is 2.32. The quantitative estimate of drug-likeness (QED) is 0.784. The van der Waals surface area contributed by atoms with Gasteiger partial charge in [0.05, 0.1) is 0 Å². The maximum atomic E-state index is 12.3. The van der Waals surface area contributed by atoms with Crippen LogP contribution in [0, 0.1) is 0 Å². The molecule has 0 saturated heterocycles. The molecule has 24 heavy (non-hydrogen) atoms. The van der Waals surface area contributed by atoms with Crippen LogP contribution < -0.4 is 10.1 Å². The summed E-state index contributed by atoms with van der Waals surface area (Å²) in [7, 11) is 4.06. The van der Waals surface area contributed by atoms with Crippen LogP contribution in [0.5, 0.6) is 5.75 Å². The van der Waals surface area contributed by atoms with Crippen molar-refractivity contribution in [3.05, 3.63) is 64.1 Å². The molecule has 4 nitrogen and oxygen atoms in total. The van der Waals surface area contributed by atoms with Crippen molar-refractivity contribution in [3.63, 3.8) is 0 Å². The molecule has 128 valence electrons. The second kappa shape index (κ2) is 8.85. The molecule has 0 bridgehead atoms. The number of hydrogen-bond donors (Lipinski definition) is 1. The number of nitrogens with zero attached hydrogens (tertiary/aromatic N) is 1. The second-order valence-corrected chi connectivity index (χ2v) is 6.85. The van der Waals surface area contributed by atoms with Crippen molar-refractivity contribution in [1.82, 2.24) is 10.2 Å². The maximum Gasteiger partial charge on any atom is 0.261 e. The van der Waals surface area contributed by atoms with E-state index in [2.05, 4.69) is 32.2 Å². The maximum absolute atomic E-state index is 12.3. The number of amides is 1. The van der Waals surface area contributed by atoms with Crippen molar-refractivity contribution in [2.45, 2.75) is 26.1 Å². The van der Waals surface area contributed by atoms with Crippen LogP contribution in [0.4, 0.5) is 0 Å². The number of ether oxygens (including phenoxy) is 1. The number of hydrogen-bond acceptors (Lipinski definition) is 3. The molecule has 5 heteroatoms. The first-order valence-corrected chi connectivity index (χ1v) is 8.66. The molecule has 2 rings (SSSR count). The Hall–Kier alpha value is -1.85. The lowest BCUT2D eigenvalue weighted by molar-refractivity contribution is -0.127. The first-order chi connectivity index (χ1) is 11.5. The first kappa shape index (κ1) is 18.5. The molecule has 0 aliphatic carbocycles. The molecule has 0 fully saturated rings. The van der Waals surface area contributed by atoms with Gasteiger partial charge < -0.3 is 15.0 Å². The highest BCUT2D eigenvalue weighted by atomic mass is 79.9. The molecule has 0 aliphatic rings. The molecule has 0 saturated carbocycles. The Labute approximate surface area is 151 Å². The van der Waals surface area contributed by atoms with E-state index in [0.29, 0.717) is 12.3 Å². The minimum atomic E-state index is -0.549. The Morgan fingerprint density at radius 2 is 1.75 bits per heavy atom. The van der Waals surface area contributed by atoms with Gasteiger partial charge in [-0.2, -0.15) is 0 Å². The van der Waals surface area contributed by atoms with Gasteiger partial charge in [0.2, 0.25) is 0 Å². The average molecular weight is 391 g/mol. The molecule has 1 atom stereocenters. The number of carbonyl (C=O) groups is 1. The molecular weight excluding hydrogens is 368 g/mol. The monoisotopic (exact) mass is 390 g/mol. The summed E-state index contributed by atoms with van der Waals surface area (Å²) >= 11 is 3.38. The molecule has 0 spiro atoms. The van der Waals surface area contributed by atoms with E-state index in [1.54, 1.807) is 6.92 Å².